The van der Waals surface area contributed by atoms with Gasteiger partial charge >= 0.3 is 6.61 Å². The summed E-state index contributed by atoms with van der Waals surface area (Å²) in [6.07, 6.45) is 7.85. The van der Waals surface area contributed by atoms with E-state index in [1.165, 1.54) is 13.2 Å². The lowest BCUT2D eigenvalue weighted by Crippen LogP contribution is -2.61. The van der Waals surface area contributed by atoms with E-state index < -0.39 is 12.5 Å². The van der Waals surface area contributed by atoms with Crippen molar-refractivity contribution in [3.8, 4) is 34.6 Å². The van der Waals surface area contributed by atoms with Gasteiger partial charge in [0.1, 0.15) is 34.6 Å². The normalized spacial score (nSPS) is 28.6. The van der Waals surface area contributed by atoms with Gasteiger partial charge in [0.25, 0.3) is 5.91 Å². The average Bonchev–Trinajstić information content (AvgIpc) is 3.42. The molecule has 5 fully saturated rings. The van der Waals surface area contributed by atoms with Gasteiger partial charge in [0.15, 0.2) is 0 Å². The zero-order valence-electron chi connectivity index (χ0n) is 21.3. The largest absolute Gasteiger partial charge is 0.496 e. The molecule has 2 aromatic heterocycles. The molecule has 4 aliphatic heterocycles. The molecular formula is C28H27F2N5O4. The zero-order chi connectivity index (χ0) is 26.9. The first-order chi connectivity index (χ1) is 18.9. The summed E-state index contributed by atoms with van der Waals surface area (Å²) in [5.74, 6) is 0.0461. The summed E-state index contributed by atoms with van der Waals surface area (Å²) in [6.45, 7) is -2.23. The number of nitrogens with one attached hydrogen (secondary N) is 1. The predicted molar refractivity (Wildman–Crippen MR) is 135 cm³/mol. The third-order valence-electron chi connectivity index (χ3n) is 8.54. The van der Waals surface area contributed by atoms with E-state index in [0.717, 1.165) is 38.6 Å². The Labute approximate surface area is 223 Å². The van der Waals surface area contributed by atoms with Crippen molar-refractivity contribution in [3.05, 3.63) is 42.2 Å². The highest BCUT2D eigenvalue weighted by molar-refractivity contribution is 6.01. The highest BCUT2D eigenvalue weighted by atomic mass is 19.3. The van der Waals surface area contributed by atoms with Crippen molar-refractivity contribution in [3.63, 3.8) is 0 Å². The van der Waals surface area contributed by atoms with Gasteiger partial charge in [-0.1, -0.05) is 0 Å². The van der Waals surface area contributed by atoms with Crippen LogP contribution in [0.25, 0.3) is 16.9 Å². The maximum atomic E-state index is 13.3. The van der Waals surface area contributed by atoms with Gasteiger partial charge < -0.3 is 19.5 Å². The Kier molecular flexibility index (Phi) is 5.46. The number of carbonyl (C=O) groups is 1. The van der Waals surface area contributed by atoms with Crippen molar-refractivity contribution in [2.75, 3.05) is 13.7 Å². The number of aromatic nitrogens is 2. The SMILES string of the molecule is COc1cc(-c2cnc3cc(OC4CC5CC6(C#N)CN5C6C4)ccn23)cc(OC(F)F)c1C(=O)NC1CC1. The Morgan fingerprint density at radius 2 is 2.08 bits per heavy atom. The van der Waals surface area contributed by atoms with E-state index in [9.17, 15) is 18.8 Å². The monoisotopic (exact) mass is 535 g/mol. The van der Waals surface area contributed by atoms with E-state index in [-0.39, 0.29) is 40.7 Å². The Morgan fingerprint density at radius 1 is 1.26 bits per heavy atom. The van der Waals surface area contributed by atoms with Crippen LogP contribution in [0.2, 0.25) is 0 Å². The number of benzene rings is 1. The molecular weight excluding hydrogens is 508 g/mol. The molecule has 5 unspecified atom stereocenters. The summed E-state index contributed by atoms with van der Waals surface area (Å²) >= 11 is 0. The molecule has 1 aromatic carbocycles. The van der Waals surface area contributed by atoms with Crippen LogP contribution in [0.1, 0.15) is 42.5 Å². The minimum absolute atomic E-state index is 0.0379. The lowest BCUT2D eigenvalue weighted by atomic mass is 9.74. The third kappa shape index (κ3) is 3.97. The molecule has 39 heavy (non-hydrogen) atoms. The number of fused-ring (bicyclic) bond motifs is 1. The first kappa shape index (κ1) is 24.2. The van der Waals surface area contributed by atoms with Gasteiger partial charge in [-0.3, -0.25) is 14.1 Å². The van der Waals surface area contributed by atoms with Crippen molar-refractivity contribution in [1.82, 2.24) is 19.6 Å². The molecule has 5 atom stereocenters. The zero-order valence-corrected chi connectivity index (χ0v) is 21.3. The Morgan fingerprint density at radius 3 is 2.82 bits per heavy atom. The molecule has 4 bridgehead atoms. The fourth-order valence-corrected chi connectivity index (χ4v) is 6.59. The number of nitriles is 1. The number of carbonyl (C=O) groups excluding carboxylic acids is 1. The smallest absolute Gasteiger partial charge is 0.387 e. The highest BCUT2D eigenvalue weighted by Gasteiger charge is 2.65. The number of halogens is 2. The number of imidazole rings is 1. The molecule has 202 valence electrons. The van der Waals surface area contributed by atoms with Crippen LogP contribution in [0.5, 0.6) is 17.2 Å². The van der Waals surface area contributed by atoms with Crippen LogP contribution in [-0.2, 0) is 0 Å². The van der Waals surface area contributed by atoms with Crippen LogP contribution in [-0.4, -0.2) is 64.7 Å². The van der Waals surface area contributed by atoms with Gasteiger partial charge in [0.2, 0.25) is 0 Å². The number of nitrogens with zero attached hydrogens (tertiary/aromatic N) is 4. The Bertz CT molecular complexity index is 1520. The minimum Gasteiger partial charge on any atom is -0.496 e. The molecule has 8 rings (SSSR count). The van der Waals surface area contributed by atoms with Crippen molar-refractivity contribution in [2.45, 2.75) is 62.9 Å². The van der Waals surface area contributed by atoms with E-state index in [1.54, 1.807) is 12.3 Å². The fourth-order valence-electron chi connectivity index (χ4n) is 6.59. The van der Waals surface area contributed by atoms with E-state index in [2.05, 4.69) is 21.3 Å². The summed E-state index contributed by atoms with van der Waals surface area (Å²) in [6, 6.07) is 10.0. The Balaban J connectivity index is 1.16. The number of hydrogen-bond acceptors (Lipinski definition) is 7. The lowest BCUT2D eigenvalue weighted by molar-refractivity contribution is -0.0502. The first-order valence-corrected chi connectivity index (χ1v) is 13.2. The number of hydrogen-bond donors (Lipinski definition) is 1. The molecule has 3 aromatic rings. The second-order valence-electron chi connectivity index (χ2n) is 10.9. The fraction of sp³-hybridized carbons (Fsp3) is 0.464. The molecule has 0 spiro atoms. The van der Waals surface area contributed by atoms with E-state index in [1.807, 2.05) is 22.7 Å². The molecule has 1 N–H and O–H groups in total. The summed E-state index contributed by atoms with van der Waals surface area (Å²) in [5.41, 5.74) is 1.47. The highest BCUT2D eigenvalue weighted by Crippen LogP contribution is 2.57. The maximum Gasteiger partial charge on any atom is 0.387 e. The van der Waals surface area contributed by atoms with Crippen molar-refractivity contribution >= 4 is 11.6 Å². The quantitative estimate of drug-likeness (QED) is 0.465. The maximum absolute atomic E-state index is 13.3. The summed E-state index contributed by atoms with van der Waals surface area (Å²) in [4.78, 5) is 19.8. The predicted octanol–water partition coefficient (Wildman–Crippen LogP) is 4.01. The van der Waals surface area contributed by atoms with Crippen LogP contribution in [0.15, 0.2) is 36.7 Å². The van der Waals surface area contributed by atoms with Crippen molar-refractivity contribution < 1.29 is 27.8 Å². The minimum atomic E-state index is -3.11. The van der Waals surface area contributed by atoms with Crippen molar-refractivity contribution in [2.24, 2.45) is 5.41 Å². The molecule has 11 heteroatoms. The van der Waals surface area contributed by atoms with E-state index in [4.69, 9.17) is 14.2 Å². The number of methoxy groups -OCH3 is 1. The van der Waals surface area contributed by atoms with Gasteiger partial charge in [-0.25, -0.2) is 4.98 Å². The number of alkyl halides is 2. The first-order valence-electron chi connectivity index (χ1n) is 13.2. The molecule has 9 nitrogen and oxygen atoms in total. The molecule has 1 aliphatic carbocycles. The molecule has 6 heterocycles. The lowest BCUT2D eigenvalue weighted by Gasteiger charge is -2.50. The van der Waals surface area contributed by atoms with Gasteiger partial charge in [0, 0.05) is 48.9 Å². The second kappa shape index (κ2) is 8.81. The van der Waals surface area contributed by atoms with Gasteiger partial charge in [0.05, 0.1) is 30.5 Å². The van der Waals surface area contributed by atoms with Gasteiger partial charge in [-0.2, -0.15) is 14.0 Å². The number of amides is 1. The number of pyridine rings is 1. The summed E-state index contributed by atoms with van der Waals surface area (Å²) in [7, 11) is 1.38. The van der Waals surface area contributed by atoms with Crippen LogP contribution in [0.3, 0.4) is 0 Å². The van der Waals surface area contributed by atoms with Gasteiger partial charge in [-0.15, -0.1) is 0 Å². The number of ether oxygens (including phenoxy) is 3. The van der Waals surface area contributed by atoms with Crippen LogP contribution < -0.4 is 19.5 Å². The molecule has 4 saturated heterocycles. The van der Waals surface area contributed by atoms with Crippen LogP contribution >= 0.6 is 0 Å². The second-order valence-corrected chi connectivity index (χ2v) is 10.9. The number of rotatable bonds is 8. The summed E-state index contributed by atoms with van der Waals surface area (Å²) in [5, 5.41) is 12.5. The number of piperidine rings is 1. The van der Waals surface area contributed by atoms with E-state index >= 15 is 0 Å². The molecule has 5 aliphatic rings. The van der Waals surface area contributed by atoms with Crippen LogP contribution in [0, 0.1) is 16.7 Å². The molecule has 0 radical (unpaired) electrons. The van der Waals surface area contributed by atoms with Gasteiger partial charge in [-0.05, 0) is 43.9 Å². The van der Waals surface area contributed by atoms with Crippen molar-refractivity contribution in [1.29, 1.82) is 5.26 Å². The molecule has 1 saturated carbocycles. The summed E-state index contributed by atoms with van der Waals surface area (Å²) < 4.78 is 45.0. The molecule has 1 amide bonds. The van der Waals surface area contributed by atoms with Crippen LogP contribution in [0.4, 0.5) is 8.78 Å². The third-order valence-corrected chi connectivity index (χ3v) is 8.54. The van der Waals surface area contributed by atoms with E-state index in [0.29, 0.717) is 28.7 Å². The standard InChI is InChI=1S/C28H27F2N5O4/c1-37-21-6-15(7-22(39-27(29)30)25(21)26(36)33-16-2-3-16)20-12-32-24-10-18(4-5-34(20)24)38-19-8-17-11-28(13-31)14-35(17)23(28)9-19/h4-7,10,12,16-17,19,23,27H,2-3,8-9,11,14H2,1H3,(H,33,36). The Hall–Kier alpha value is -3.91. The topological polar surface area (TPSA) is 101 Å². The average molecular weight is 536 g/mol.